The van der Waals surface area contributed by atoms with Crippen LogP contribution in [0.1, 0.15) is 0 Å². The molecular weight excluding hydrogens is 204 g/mol. The summed E-state index contributed by atoms with van der Waals surface area (Å²) < 4.78 is 25.2. The maximum atomic E-state index is 12.6. The minimum absolute atomic E-state index is 0.0760. The predicted octanol–water partition coefficient (Wildman–Crippen LogP) is 0.556. The number of hydrogen-bond acceptors (Lipinski definition) is 5. The highest BCUT2D eigenvalue weighted by molar-refractivity contribution is 5.54. The molecule has 1 aromatic rings. The third-order valence-corrected chi connectivity index (χ3v) is 2.15. The molecule has 0 aromatic carbocycles. The minimum atomic E-state index is -2.61. The Morgan fingerprint density at radius 3 is 2.67 bits per heavy atom. The maximum Gasteiger partial charge on any atom is 0.282 e. The van der Waals surface area contributed by atoms with Crippen LogP contribution in [0.4, 0.5) is 26.4 Å². The molecule has 0 saturated carbocycles. The number of rotatable bonds is 2. The molecule has 3 N–H and O–H groups in total. The topological polar surface area (TPSA) is 67.1 Å². The van der Waals surface area contributed by atoms with E-state index in [1.165, 1.54) is 4.90 Å². The maximum absolute atomic E-state index is 12.6. The van der Waals surface area contributed by atoms with Crippen molar-refractivity contribution in [1.29, 1.82) is 0 Å². The molecule has 1 aliphatic heterocycles. The fourth-order valence-corrected chi connectivity index (χ4v) is 1.42. The van der Waals surface area contributed by atoms with Gasteiger partial charge in [-0.2, -0.15) is 9.97 Å². The third kappa shape index (κ3) is 1.90. The van der Waals surface area contributed by atoms with Gasteiger partial charge in [-0.1, -0.05) is 0 Å². The second kappa shape index (κ2) is 3.18. The molecular formula is C8H11F2N5. The van der Waals surface area contributed by atoms with Crippen molar-refractivity contribution in [1.82, 2.24) is 9.97 Å². The van der Waals surface area contributed by atoms with Crippen LogP contribution in [0.3, 0.4) is 0 Å². The van der Waals surface area contributed by atoms with Gasteiger partial charge in [0.15, 0.2) is 0 Å². The molecule has 2 rings (SSSR count). The van der Waals surface area contributed by atoms with Crippen LogP contribution in [0.15, 0.2) is 6.07 Å². The number of alkyl halides is 2. The molecule has 7 heteroatoms. The van der Waals surface area contributed by atoms with E-state index in [0.717, 1.165) is 0 Å². The molecule has 82 valence electrons. The van der Waals surface area contributed by atoms with Gasteiger partial charge in [0.25, 0.3) is 5.92 Å². The van der Waals surface area contributed by atoms with Crippen molar-refractivity contribution in [3.63, 3.8) is 0 Å². The SMILES string of the molecule is CNc1cc(N2CC(F)(F)C2)nc(N)n1. The zero-order chi connectivity index (χ0) is 11.1. The summed E-state index contributed by atoms with van der Waals surface area (Å²) in [6, 6.07) is 1.59. The fraction of sp³-hybridized carbons (Fsp3) is 0.500. The summed E-state index contributed by atoms with van der Waals surface area (Å²) in [4.78, 5) is 9.22. The number of halogens is 2. The lowest BCUT2D eigenvalue weighted by Gasteiger charge is -2.39. The Bertz CT molecular complexity index is 373. The van der Waals surface area contributed by atoms with Gasteiger partial charge in [0.1, 0.15) is 11.6 Å². The first-order chi connectivity index (χ1) is 7.00. The van der Waals surface area contributed by atoms with Gasteiger partial charge in [-0.25, -0.2) is 8.78 Å². The molecule has 0 radical (unpaired) electrons. The number of nitrogens with two attached hydrogens (primary N) is 1. The number of nitrogens with zero attached hydrogens (tertiary/aromatic N) is 3. The van der Waals surface area contributed by atoms with E-state index in [0.29, 0.717) is 11.6 Å². The Labute approximate surface area is 85.3 Å². The second-order valence-electron chi connectivity index (χ2n) is 3.43. The van der Waals surface area contributed by atoms with Gasteiger partial charge < -0.3 is 16.0 Å². The van der Waals surface area contributed by atoms with E-state index in [9.17, 15) is 8.78 Å². The first kappa shape index (κ1) is 9.88. The molecule has 1 aromatic heterocycles. The van der Waals surface area contributed by atoms with E-state index in [1.54, 1.807) is 13.1 Å². The Morgan fingerprint density at radius 2 is 2.13 bits per heavy atom. The molecule has 0 amide bonds. The van der Waals surface area contributed by atoms with E-state index >= 15 is 0 Å². The van der Waals surface area contributed by atoms with Crippen molar-refractivity contribution in [2.45, 2.75) is 5.92 Å². The van der Waals surface area contributed by atoms with Crippen LogP contribution >= 0.6 is 0 Å². The van der Waals surface area contributed by atoms with E-state index in [1.807, 2.05) is 0 Å². The lowest BCUT2D eigenvalue weighted by molar-refractivity contribution is -0.0266. The Kier molecular flexibility index (Phi) is 2.09. The van der Waals surface area contributed by atoms with Crippen LogP contribution in [0, 0.1) is 0 Å². The van der Waals surface area contributed by atoms with Crippen LogP contribution in [0.5, 0.6) is 0 Å². The quantitative estimate of drug-likeness (QED) is 0.754. The van der Waals surface area contributed by atoms with Crippen molar-refractivity contribution in [3.8, 4) is 0 Å². The first-order valence-electron chi connectivity index (χ1n) is 4.45. The van der Waals surface area contributed by atoms with Crippen molar-refractivity contribution in [2.24, 2.45) is 0 Å². The average Bonchev–Trinajstić information content (AvgIpc) is 2.13. The zero-order valence-electron chi connectivity index (χ0n) is 8.17. The minimum Gasteiger partial charge on any atom is -0.373 e. The molecule has 0 unspecified atom stereocenters. The van der Waals surface area contributed by atoms with Crippen LogP contribution in [-0.2, 0) is 0 Å². The van der Waals surface area contributed by atoms with Gasteiger partial charge >= 0.3 is 0 Å². The predicted molar refractivity (Wildman–Crippen MR) is 53.2 cm³/mol. The number of anilines is 3. The highest BCUT2D eigenvalue weighted by atomic mass is 19.3. The summed E-state index contributed by atoms with van der Waals surface area (Å²) in [5.74, 6) is -1.59. The van der Waals surface area contributed by atoms with Crippen molar-refractivity contribution >= 4 is 17.6 Å². The summed E-state index contributed by atoms with van der Waals surface area (Å²) in [6.07, 6.45) is 0. The molecule has 1 fully saturated rings. The summed E-state index contributed by atoms with van der Waals surface area (Å²) in [5, 5.41) is 2.79. The van der Waals surface area contributed by atoms with Crippen LogP contribution in [-0.4, -0.2) is 36.0 Å². The van der Waals surface area contributed by atoms with Crippen LogP contribution in [0.25, 0.3) is 0 Å². The molecule has 0 bridgehead atoms. The van der Waals surface area contributed by atoms with Crippen molar-refractivity contribution < 1.29 is 8.78 Å². The first-order valence-corrected chi connectivity index (χ1v) is 4.45. The summed E-state index contributed by atoms with van der Waals surface area (Å²) in [6.45, 7) is -0.626. The number of nitrogen functional groups attached to an aromatic ring is 1. The Balaban J connectivity index is 2.19. The highest BCUT2D eigenvalue weighted by Crippen LogP contribution is 2.31. The lowest BCUT2D eigenvalue weighted by Crippen LogP contribution is -2.56. The third-order valence-electron chi connectivity index (χ3n) is 2.15. The number of hydrogen-bond donors (Lipinski definition) is 2. The smallest absolute Gasteiger partial charge is 0.282 e. The van der Waals surface area contributed by atoms with Gasteiger partial charge in [-0.15, -0.1) is 0 Å². The summed E-state index contributed by atoms with van der Waals surface area (Å²) in [7, 11) is 1.68. The molecule has 1 saturated heterocycles. The normalized spacial score (nSPS) is 18.5. The van der Waals surface area contributed by atoms with E-state index in [-0.39, 0.29) is 19.0 Å². The standard InChI is InChI=1S/C8H11F2N5/c1-12-5-2-6(14-7(11)13-5)15-3-8(9,10)4-15/h2H,3-4H2,1H3,(H3,11,12,13,14). The Hall–Kier alpha value is -1.66. The number of nitrogens with one attached hydrogen (secondary N) is 1. The zero-order valence-corrected chi connectivity index (χ0v) is 8.17. The van der Waals surface area contributed by atoms with Gasteiger partial charge in [-0.05, 0) is 0 Å². The molecule has 0 spiro atoms. The Morgan fingerprint density at radius 1 is 1.47 bits per heavy atom. The van der Waals surface area contributed by atoms with Crippen molar-refractivity contribution in [3.05, 3.63) is 6.07 Å². The van der Waals surface area contributed by atoms with E-state index in [2.05, 4.69) is 15.3 Å². The van der Waals surface area contributed by atoms with Gasteiger partial charge in [0, 0.05) is 13.1 Å². The fourth-order valence-electron chi connectivity index (χ4n) is 1.42. The van der Waals surface area contributed by atoms with E-state index < -0.39 is 5.92 Å². The van der Waals surface area contributed by atoms with Crippen LogP contribution < -0.4 is 16.0 Å². The monoisotopic (exact) mass is 215 g/mol. The molecule has 0 aliphatic carbocycles. The van der Waals surface area contributed by atoms with Gasteiger partial charge in [0.05, 0.1) is 13.1 Å². The van der Waals surface area contributed by atoms with Gasteiger partial charge in [0.2, 0.25) is 5.95 Å². The molecule has 2 heterocycles. The average molecular weight is 215 g/mol. The molecule has 1 aliphatic rings. The largest absolute Gasteiger partial charge is 0.373 e. The van der Waals surface area contributed by atoms with Crippen LogP contribution in [0.2, 0.25) is 0 Å². The molecule has 15 heavy (non-hydrogen) atoms. The van der Waals surface area contributed by atoms with E-state index in [4.69, 9.17) is 5.73 Å². The molecule has 0 atom stereocenters. The van der Waals surface area contributed by atoms with Crippen molar-refractivity contribution in [2.75, 3.05) is 36.1 Å². The summed E-state index contributed by atoms with van der Waals surface area (Å²) in [5.41, 5.74) is 5.44. The highest BCUT2D eigenvalue weighted by Gasteiger charge is 2.44. The molecule has 5 nitrogen and oxygen atoms in total. The number of aromatic nitrogens is 2. The van der Waals surface area contributed by atoms with Gasteiger partial charge in [-0.3, -0.25) is 0 Å². The second-order valence-corrected chi connectivity index (χ2v) is 3.43. The summed E-state index contributed by atoms with van der Waals surface area (Å²) >= 11 is 0. The lowest BCUT2D eigenvalue weighted by atomic mass is 10.1.